The Bertz CT molecular complexity index is 846. The molecular formula is C26H38N4O4. The number of methoxy groups -OCH3 is 1. The second-order valence-corrected chi connectivity index (χ2v) is 9.78. The molecule has 34 heavy (non-hydrogen) atoms. The number of carbonyl (C=O) groups excluding carboxylic acids is 3. The summed E-state index contributed by atoms with van der Waals surface area (Å²) >= 11 is 0. The van der Waals surface area contributed by atoms with Gasteiger partial charge in [-0.25, -0.2) is 4.79 Å². The van der Waals surface area contributed by atoms with Crippen LogP contribution in [0, 0.1) is 5.92 Å². The van der Waals surface area contributed by atoms with Gasteiger partial charge in [0, 0.05) is 32.7 Å². The van der Waals surface area contributed by atoms with Gasteiger partial charge in [0.1, 0.15) is 6.04 Å². The quantitative estimate of drug-likeness (QED) is 0.532. The fraction of sp³-hybridized carbons (Fsp3) is 0.654. The molecule has 4 rings (SSSR count). The number of hydrogen-bond donors (Lipinski definition) is 1. The Hall–Kier alpha value is -2.45. The first-order chi connectivity index (χ1) is 16.6. The van der Waals surface area contributed by atoms with Gasteiger partial charge < -0.3 is 19.9 Å². The molecule has 3 atom stereocenters. The molecule has 3 heterocycles. The molecule has 0 radical (unpaired) electrons. The van der Waals surface area contributed by atoms with Crippen LogP contribution in [0.15, 0.2) is 30.3 Å². The van der Waals surface area contributed by atoms with E-state index in [-0.39, 0.29) is 30.8 Å². The van der Waals surface area contributed by atoms with Crippen molar-refractivity contribution >= 4 is 17.8 Å². The Morgan fingerprint density at radius 1 is 1.12 bits per heavy atom. The van der Waals surface area contributed by atoms with Gasteiger partial charge in [-0.1, -0.05) is 36.8 Å². The number of fused-ring (bicyclic) bond motifs is 1. The molecule has 0 bridgehead atoms. The van der Waals surface area contributed by atoms with E-state index in [1.54, 1.807) is 7.11 Å². The zero-order valence-electron chi connectivity index (χ0n) is 20.3. The average Bonchev–Trinajstić information content (AvgIpc) is 3.13. The maximum absolute atomic E-state index is 13.2. The van der Waals surface area contributed by atoms with Crippen LogP contribution in [0.4, 0.5) is 4.79 Å². The number of nitrogens with one attached hydrogen (secondary N) is 1. The van der Waals surface area contributed by atoms with Crippen molar-refractivity contribution in [3.63, 3.8) is 0 Å². The predicted molar refractivity (Wildman–Crippen MR) is 129 cm³/mol. The molecule has 3 fully saturated rings. The van der Waals surface area contributed by atoms with Gasteiger partial charge in [0.15, 0.2) is 0 Å². The molecule has 4 amide bonds. The number of amides is 4. The molecule has 8 heteroatoms. The molecule has 1 aromatic rings. The van der Waals surface area contributed by atoms with E-state index < -0.39 is 6.04 Å². The molecule has 0 aliphatic carbocycles. The Kier molecular flexibility index (Phi) is 8.56. The molecule has 1 aromatic carbocycles. The van der Waals surface area contributed by atoms with Crippen molar-refractivity contribution in [1.82, 2.24) is 20.0 Å². The van der Waals surface area contributed by atoms with Crippen LogP contribution in [0.1, 0.15) is 50.5 Å². The fourth-order valence-corrected chi connectivity index (χ4v) is 5.71. The standard InChI is InChI=1S/C26H38N4O4/c1-34-17-16-29(19-21-10-7-15-28-14-6-5-11-23(21)28)24(31)13-12-22-25(32)30(26(33)27-22)18-20-8-3-2-4-9-20/h2-4,8-9,21-23H,5-7,10-19H2,1H3,(H,27,33). The number of benzene rings is 1. The maximum atomic E-state index is 13.2. The zero-order chi connectivity index (χ0) is 23.9. The second-order valence-electron chi connectivity index (χ2n) is 9.78. The van der Waals surface area contributed by atoms with Crippen LogP contribution < -0.4 is 5.32 Å². The van der Waals surface area contributed by atoms with Gasteiger partial charge in [-0.2, -0.15) is 0 Å². The van der Waals surface area contributed by atoms with Crippen LogP contribution in [-0.2, 0) is 20.9 Å². The Balaban J connectivity index is 1.32. The summed E-state index contributed by atoms with van der Waals surface area (Å²) in [5, 5.41) is 2.77. The zero-order valence-corrected chi connectivity index (χ0v) is 20.3. The van der Waals surface area contributed by atoms with E-state index in [0.29, 0.717) is 31.5 Å². The average molecular weight is 471 g/mol. The monoisotopic (exact) mass is 470 g/mol. The number of piperidine rings is 2. The van der Waals surface area contributed by atoms with Crippen LogP contribution in [0.2, 0.25) is 0 Å². The van der Waals surface area contributed by atoms with Crippen LogP contribution >= 0.6 is 0 Å². The first-order valence-corrected chi connectivity index (χ1v) is 12.7. The lowest BCUT2D eigenvalue weighted by Gasteiger charge is -2.45. The minimum absolute atomic E-state index is 0.0357. The van der Waals surface area contributed by atoms with E-state index in [1.165, 1.54) is 43.7 Å². The summed E-state index contributed by atoms with van der Waals surface area (Å²) in [5.41, 5.74) is 0.901. The number of ether oxygens (including phenoxy) is 1. The topological polar surface area (TPSA) is 82.2 Å². The molecule has 0 aromatic heterocycles. The van der Waals surface area contributed by atoms with Crippen LogP contribution in [-0.4, -0.2) is 84.5 Å². The Morgan fingerprint density at radius 3 is 2.71 bits per heavy atom. The molecule has 1 N–H and O–H groups in total. The minimum atomic E-state index is -0.645. The van der Waals surface area contributed by atoms with Gasteiger partial charge in [0.05, 0.1) is 13.2 Å². The number of imide groups is 1. The van der Waals surface area contributed by atoms with Crippen molar-refractivity contribution in [1.29, 1.82) is 0 Å². The number of nitrogens with zero attached hydrogens (tertiary/aromatic N) is 3. The third-order valence-corrected chi connectivity index (χ3v) is 7.54. The SMILES string of the molecule is COCCN(CC1CCCN2CCCCC12)C(=O)CCC1NC(=O)N(Cc2ccccc2)C1=O. The van der Waals surface area contributed by atoms with Gasteiger partial charge in [0.2, 0.25) is 5.91 Å². The summed E-state index contributed by atoms with van der Waals surface area (Å²) in [6.07, 6.45) is 6.66. The molecule has 3 saturated heterocycles. The lowest BCUT2D eigenvalue weighted by molar-refractivity contribution is -0.134. The number of urea groups is 1. The highest BCUT2D eigenvalue weighted by Crippen LogP contribution is 2.31. The van der Waals surface area contributed by atoms with Crippen molar-refractivity contribution in [2.45, 2.75) is 63.6 Å². The summed E-state index contributed by atoms with van der Waals surface area (Å²) in [7, 11) is 1.65. The van der Waals surface area contributed by atoms with E-state index in [9.17, 15) is 14.4 Å². The summed E-state index contributed by atoms with van der Waals surface area (Å²) in [5.74, 6) is 0.271. The van der Waals surface area contributed by atoms with Crippen molar-refractivity contribution in [2.75, 3.05) is 39.9 Å². The van der Waals surface area contributed by atoms with E-state index in [4.69, 9.17) is 4.74 Å². The van der Waals surface area contributed by atoms with E-state index in [2.05, 4.69) is 10.2 Å². The highest BCUT2D eigenvalue weighted by Gasteiger charge is 2.39. The third-order valence-electron chi connectivity index (χ3n) is 7.54. The number of carbonyl (C=O) groups is 3. The Labute approximate surface area is 202 Å². The molecule has 3 aliphatic rings. The first kappa shape index (κ1) is 24.7. The van der Waals surface area contributed by atoms with E-state index >= 15 is 0 Å². The van der Waals surface area contributed by atoms with Crippen molar-refractivity contribution in [2.24, 2.45) is 5.92 Å². The van der Waals surface area contributed by atoms with Gasteiger partial charge in [-0.3, -0.25) is 14.5 Å². The normalized spacial score (nSPS) is 25.2. The minimum Gasteiger partial charge on any atom is -0.383 e. The molecular weight excluding hydrogens is 432 g/mol. The van der Waals surface area contributed by atoms with Gasteiger partial charge in [0.25, 0.3) is 5.91 Å². The molecule has 0 saturated carbocycles. The summed E-state index contributed by atoms with van der Waals surface area (Å²) in [6, 6.07) is 9.00. The fourth-order valence-electron chi connectivity index (χ4n) is 5.71. The number of rotatable bonds is 10. The Morgan fingerprint density at radius 2 is 1.91 bits per heavy atom. The van der Waals surface area contributed by atoms with Crippen molar-refractivity contribution < 1.29 is 19.1 Å². The predicted octanol–water partition coefficient (Wildman–Crippen LogP) is 2.63. The van der Waals surface area contributed by atoms with Crippen LogP contribution in [0.25, 0.3) is 0 Å². The van der Waals surface area contributed by atoms with Gasteiger partial charge in [-0.05, 0) is 56.7 Å². The van der Waals surface area contributed by atoms with E-state index in [1.807, 2.05) is 35.2 Å². The third kappa shape index (κ3) is 5.96. The maximum Gasteiger partial charge on any atom is 0.325 e. The van der Waals surface area contributed by atoms with Crippen LogP contribution in [0.5, 0.6) is 0 Å². The van der Waals surface area contributed by atoms with Gasteiger partial charge >= 0.3 is 6.03 Å². The lowest BCUT2D eigenvalue weighted by Crippen LogP contribution is -2.52. The first-order valence-electron chi connectivity index (χ1n) is 12.7. The van der Waals surface area contributed by atoms with Crippen molar-refractivity contribution in [3.8, 4) is 0 Å². The van der Waals surface area contributed by atoms with Crippen molar-refractivity contribution in [3.05, 3.63) is 35.9 Å². The molecule has 3 unspecified atom stereocenters. The molecule has 8 nitrogen and oxygen atoms in total. The smallest absolute Gasteiger partial charge is 0.325 e. The molecule has 3 aliphatic heterocycles. The summed E-state index contributed by atoms with van der Waals surface area (Å²) in [4.78, 5) is 44.2. The van der Waals surface area contributed by atoms with Gasteiger partial charge in [-0.15, -0.1) is 0 Å². The summed E-state index contributed by atoms with van der Waals surface area (Å²) < 4.78 is 5.28. The highest BCUT2D eigenvalue weighted by molar-refractivity contribution is 6.04. The highest BCUT2D eigenvalue weighted by atomic mass is 16.5. The number of hydrogen-bond acceptors (Lipinski definition) is 5. The molecule has 186 valence electrons. The lowest BCUT2D eigenvalue weighted by atomic mass is 9.83. The van der Waals surface area contributed by atoms with Crippen LogP contribution in [0.3, 0.4) is 0 Å². The molecule has 0 spiro atoms. The largest absolute Gasteiger partial charge is 0.383 e. The van der Waals surface area contributed by atoms with E-state index in [0.717, 1.165) is 18.5 Å². The second kappa shape index (κ2) is 11.8. The summed E-state index contributed by atoms with van der Waals surface area (Å²) in [6.45, 7) is 4.40.